The maximum absolute atomic E-state index is 11.3. The summed E-state index contributed by atoms with van der Waals surface area (Å²) in [6.45, 7) is 1.92. The van der Waals surface area contributed by atoms with Crippen LogP contribution in [0.3, 0.4) is 0 Å². The maximum Gasteiger partial charge on any atom is 0.229 e. The Hall–Kier alpha value is -1.43. The molecule has 1 saturated heterocycles. The molecule has 94 valence electrons. The van der Waals surface area contributed by atoms with E-state index in [1.54, 1.807) is 12.1 Å². The van der Waals surface area contributed by atoms with E-state index in [1.807, 2.05) is 6.07 Å². The van der Waals surface area contributed by atoms with Gasteiger partial charge in [-0.2, -0.15) is 0 Å². The molecule has 1 heterocycles. The van der Waals surface area contributed by atoms with Crippen molar-refractivity contribution >= 4 is 27.1 Å². The third kappa shape index (κ3) is 3.03. The lowest BCUT2D eigenvalue weighted by atomic mass is 10.2. The number of sulfonamides is 1. The van der Waals surface area contributed by atoms with Crippen molar-refractivity contribution in [1.82, 2.24) is 0 Å². The number of nitrogens with one attached hydrogen (secondary N) is 1. The zero-order valence-electron chi connectivity index (χ0n) is 9.81. The van der Waals surface area contributed by atoms with Crippen molar-refractivity contribution in [3.63, 3.8) is 0 Å². The molecular weight excluding hydrogens is 238 g/mol. The van der Waals surface area contributed by atoms with Crippen LogP contribution in [0, 0.1) is 0 Å². The van der Waals surface area contributed by atoms with Gasteiger partial charge in [-0.05, 0) is 31.0 Å². The topological polar surface area (TPSA) is 75.4 Å². The molecule has 1 aliphatic rings. The van der Waals surface area contributed by atoms with Gasteiger partial charge in [-0.15, -0.1) is 0 Å². The van der Waals surface area contributed by atoms with Gasteiger partial charge >= 0.3 is 0 Å². The van der Waals surface area contributed by atoms with Crippen molar-refractivity contribution < 1.29 is 8.42 Å². The monoisotopic (exact) mass is 255 g/mol. The van der Waals surface area contributed by atoms with Gasteiger partial charge in [0.05, 0.1) is 17.6 Å². The first-order valence-electron chi connectivity index (χ1n) is 5.58. The summed E-state index contributed by atoms with van der Waals surface area (Å²) in [4.78, 5) is 2.17. The van der Waals surface area contributed by atoms with Crippen LogP contribution in [0.1, 0.15) is 12.8 Å². The molecule has 0 aromatic heterocycles. The van der Waals surface area contributed by atoms with Crippen molar-refractivity contribution in [2.75, 3.05) is 34.7 Å². The van der Waals surface area contributed by atoms with Gasteiger partial charge in [0.25, 0.3) is 0 Å². The Kier molecular flexibility index (Phi) is 3.15. The van der Waals surface area contributed by atoms with Crippen LogP contribution in [0.4, 0.5) is 17.1 Å². The molecule has 0 spiro atoms. The van der Waals surface area contributed by atoms with Crippen molar-refractivity contribution in [3.8, 4) is 0 Å². The van der Waals surface area contributed by atoms with E-state index in [-0.39, 0.29) is 0 Å². The maximum atomic E-state index is 11.3. The summed E-state index contributed by atoms with van der Waals surface area (Å²) in [6, 6.07) is 5.32. The summed E-state index contributed by atoms with van der Waals surface area (Å²) >= 11 is 0. The largest absolute Gasteiger partial charge is 0.399 e. The zero-order chi connectivity index (χ0) is 12.5. The molecule has 0 atom stereocenters. The van der Waals surface area contributed by atoms with E-state index in [0.29, 0.717) is 11.4 Å². The van der Waals surface area contributed by atoms with E-state index in [0.717, 1.165) is 37.9 Å². The first kappa shape index (κ1) is 12.0. The second kappa shape index (κ2) is 4.44. The molecule has 6 heteroatoms. The van der Waals surface area contributed by atoms with Crippen molar-refractivity contribution in [2.24, 2.45) is 0 Å². The first-order valence-corrected chi connectivity index (χ1v) is 7.47. The van der Waals surface area contributed by atoms with Crippen molar-refractivity contribution in [1.29, 1.82) is 0 Å². The summed E-state index contributed by atoms with van der Waals surface area (Å²) in [6.07, 6.45) is 3.43. The fraction of sp³-hybridized carbons (Fsp3) is 0.455. The average molecular weight is 255 g/mol. The van der Waals surface area contributed by atoms with Gasteiger partial charge in [0, 0.05) is 18.8 Å². The van der Waals surface area contributed by atoms with Gasteiger partial charge in [-0.25, -0.2) is 8.42 Å². The van der Waals surface area contributed by atoms with Gasteiger partial charge in [0.2, 0.25) is 10.0 Å². The highest BCUT2D eigenvalue weighted by Crippen LogP contribution is 2.31. The first-order chi connectivity index (χ1) is 7.96. The molecule has 0 amide bonds. The number of nitrogens with two attached hydrogens (primary N) is 1. The van der Waals surface area contributed by atoms with E-state index < -0.39 is 10.0 Å². The third-order valence-corrected chi connectivity index (χ3v) is 3.35. The summed E-state index contributed by atoms with van der Waals surface area (Å²) in [5.41, 5.74) is 7.72. The number of hydrogen-bond donors (Lipinski definition) is 2. The molecule has 3 N–H and O–H groups in total. The lowest BCUT2D eigenvalue weighted by Gasteiger charge is -2.21. The minimum atomic E-state index is -3.28. The Labute approximate surface area is 102 Å². The molecule has 17 heavy (non-hydrogen) atoms. The number of anilines is 3. The molecule has 0 radical (unpaired) electrons. The van der Waals surface area contributed by atoms with Crippen LogP contribution in [-0.2, 0) is 10.0 Å². The van der Waals surface area contributed by atoms with E-state index in [9.17, 15) is 8.42 Å². The second-order valence-corrected chi connectivity index (χ2v) is 6.09. The van der Waals surface area contributed by atoms with E-state index >= 15 is 0 Å². The molecule has 5 nitrogen and oxygen atoms in total. The molecule has 0 saturated carbocycles. The standard InChI is InChI=1S/C11H17N3O2S/c1-17(15,16)13-10-8-9(12)4-5-11(10)14-6-2-3-7-14/h4-5,8,13H,2-3,6-7,12H2,1H3. The summed E-state index contributed by atoms with van der Waals surface area (Å²) in [5, 5.41) is 0. The second-order valence-electron chi connectivity index (χ2n) is 4.34. The van der Waals surface area contributed by atoms with Crippen LogP contribution in [0.15, 0.2) is 18.2 Å². The Balaban J connectivity index is 2.36. The number of benzene rings is 1. The summed E-state index contributed by atoms with van der Waals surface area (Å²) in [7, 11) is -3.28. The molecule has 1 fully saturated rings. The molecule has 1 aliphatic heterocycles. The van der Waals surface area contributed by atoms with Crippen LogP contribution in [0.2, 0.25) is 0 Å². The number of nitrogens with zero attached hydrogens (tertiary/aromatic N) is 1. The Morgan fingerprint density at radius 2 is 1.94 bits per heavy atom. The smallest absolute Gasteiger partial charge is 0.229 e. The van der Waals surface area contributed by atoms with Crippen LogP contribution < -0.4 is 15.4 Å². The minimum Gasteiger partial charge on any atom is -0.399 e. The molecule has 2 rings (SSSR count). The molecular formula is C11H17N3O2S. The number of hydrogen-bond acceptors (Lipinski definition) is 4. The average Bonchev–Trinajstić information content (AvgIpc) is 2.68. The van der Waals surface area contributed by atoms with Crippen LogP contribution in [-0.4, -0.2) is 27.8 Å². The van der Waals surface area contributed by atoms with Crippen molar-refractivity contribution in [2.45, 2.75) is 12.8 Å². The van der Waals surface area contributed by atoms with E-state index in [2.05, 4.69) is 9.62 Å². The minimum absolute atomic E-state index is 0.555. The van der Waals surface area contributed by atoms with Crippen molar-refractivity contribution in [3.05, 3.63) is 18.2 Å². The summed E-state index contributed by atoms with van der Waals surface area (Å²) in [5.74, 6) is 0. The Bertz CT molecular complexity index is 507. The lowest BCUT2D eigenvalue weighted by molar-refractivity contribution is 0.607. The third-order valence-electron chi connectivity index (χ3n) is 2.76. The van der Waals surface area contributed by atoms with E-state index in [4.69, 9.17) is 5.73 Å². The predicted molar refractivity (Wildman–Crippen MR) is 70.8 cm³/mol. The predicted octanol–water partition coefficient (Wildman–Crippen LogP) is 1.24. The van der Waals surface area contributed by atoms with Gasteiger partial charge in [-0.3, -0.25) is 4.72 Å². The van der Waals surface area contributed by atoms with Gasteiger partial charge < -0.3 is 10.6 Å². The van der Waals surface area contributed by atoms with E-state index in [1.165, 1.54) is 0 Å². The van der Waals surface area contributed by atoms with Crippen LogP contribution >= 0.6 is 0 Å². The quantitative estimate of drug-likeness (QED) is 0.797. The van der Waals surface area contributed by atoms with Gasteiger partial charge in [-0.1, -0.05) is 0 Å². The Morgan fingerprint density at radius 3 is 2.53 bits per heavy atom. The van der Waals surface area contributed by atoms with Gasteiger partial charge in [0.15, 0.2) is 0 Å². The number of rotatable bonds is 3. The molecule has 0 unspecified atom stereocenters. The summed E-state index contributed by atoms with van der Waals surface area (Å²) < 4.78 is 25.1. The fourth-order valence-corrected chi connectivity index (χ4v) is 2.63. The SMILES string of the molecule is CS(=O)(=O)Nc1cc(N)ccc1N1CCCC1. The number of nitrogen functional groups attached to an aromatic ring is 1. The molecule has 1 aromatic carbocycles. The van der Waals surface area contributed by atoms with Crippen LogP contribution in [0.5, 0.6) is 0 Å². The van der Waals surface area contributed by atoms with Crippen LogP contribution in [0.25, 0.3) is 0 Å². The highest BCUT2D eigenvalue weighted by atomic mass is 32.2. The molecule has 0 aliphatic carbocycles. The van der Waals surface area contributed by atoms with Gasteiger partial charge in [0.1, 0.15) is 0 Å². The fourth-order valence-electron chi connectivity index (χ4n) is 2.07. The zero-order valence-corrected chi connectivity index (χ0v) is 10.6. The Morgan fingerprint density at radius 1 is 1.29 bits per heavy atom. The molecule has 1 aromatic rings. The molecule has 0 bridgehead atoms. The highest BCUT2D eigenvalue weighted by Gasteiger charge is 2.17. The normalized spacial score (nSPS) is 16.2. The lowest BCUT2D eigenvalue weighted by Crippen LogP contribution is -2.20. The highest BCUT2D eigenvalue weighted by molar-refractivity contribution is 7.92.